The zero-order chi connectivity index (χ0) is 59.5. The first-order chi connectivity index (χ1) is 36.6. The molecular weight excluding hydrogens is 1040 g/mol. The molecule has 0 spiro atoms. The number of nitrogens with zero attached hydrogens (tertiary/aromatic N) is 10. The van der Waals surface area contributed by atoms with E-state index in [1.807, 2.05) is 112 Å². The summed E-state index contributed by atoms with van der Waals surface area (Å²) in [5, 5.41) is 12.6. The van der Waals surface area contributed by atoms with E-state index in [4.69, 9.17) is 18.9 Å². The molecule has 0 unspecified atom stereocenters. The van der Waals surface area contributed by atoms with E-state index in [1.165, 1.54) is 21.9 Å². The number of ether oxygens (including phenoxy) is 4. The predicted molar refractivity (Wildman–Crippen MR) is 304 cm³/mol. The quantitative estimate of drug-likeness (QED) is 0.102. The van der Waals surface area contributed by atoms with Crippen LogP contribution in [0.5, 0.6) is 0 Å². The van der Waals surface area contributed by atoms with E-state index >= 15 is 0 Å². The third kappa shape index (κ3) is 29.4. The minimum Gasteiger partial charge on any atom is -0.545 e. The maximum Gasteiger partial charge on any atom is 1.00 e. The van der Waals surface area contributed by atoms with E-state index in [2.05, 4.69) is 23.6 Å². The smallest absolute Gasteiger partial charge is 0.545 e. The van der Waals surface area contributed by atoms with Crippen molar-refractivity contribution in [2.24, 2.45) is 0 Å². The Kier molecular flexibility index (Phi) is 30.3. The number of carbonyl (C=O) groups is 7. The molecule has 2 heterocycles. The summed E-state index contributed by atoms with van der Waals surface area (Å²) in [6, 6.07) is 4.34. The molecule has 2 aliphatic heterocycles. The third-order valence-corrected chi connectivity index (χ3v) is 13.2. The third-order valence-electron chi connectivity index (χ3n) is 13.2. The number of hydrogen-bond donors (Lipinski definition) is 0. The van der Waals surface area contributed by atoms with E-state index in [-0.39, 0.29) is 121 Å². The minimum absolute atomic E-state index is 0. The van der Waals surface area contributed by atoms with Crippen molar-refractivity contribution in [3.63, 3.8) is 0 Å². The summed E-state index contributed by atoms with van der Waals surface area (Å²) in [5.74, 6) is -3.55. The van der Waals surface area contributed by atoms with Gasteiger partial charge in [-0.25, -0.2) is 0 Å². The first-order valence-electron chi connectivity index (χ1n) is 28.2. The number of hydrogen-bond acceptors (Lipinski definition) is 20. The Hall–Kier alpha value is -3.81. The molecule has 1 aromatic carbocycles. The molecule has 2 amide bonds. The summed E-state index contributed by atoms with van der Waals surface area (Å²) in [6.45, 7) is 35.8. The average molecular weight is 1140 g/mol. The van der Waals surface area contributed by atoms with E-state index in [9.17, 15) is 38.7 Å². The number of esters is 4. The van der Waals surface area contributed by atoms with Gasteiger partial charge in [0.2, 0.25) is 11.8 Å². The van der Waals surface area contributed by atoms with Crippen LogP contribution in [0.2, 0.25) is 0 Å². The molecule has 0 N–H and O–H groups in total. The molecule has 450 valence electrons. The van der Waals surface area contributed by atoms with E-state index in [0.29, 0.717) is 105 Å². The second-order valence-corrected chi connectivity index (χ2v) is 24.8. The number of anilines is 2. The number of benzene rings is 1. The summed E-state index contributed by atoms with van der Waals surface area (Å²) in [5.41, 5.74) is -2.35. The maximum atomic E-state index is 14.4. The van der Waals surface area contributed by atoms with Crippen LogP contribution in [0.1, 0.15) is 107 Å². The molecular formula is C57H99N10NaO12. The van der Waals surface area contributed by atoms with Crippen molar-refractivity contribution < 1.29 is 87.2 Å². The van der Waals surface area contributed by atoms with Gasteiger partial charge in [0.05, 0.1) is 45.2 Å². The SMILES string of the molecule is CCN1CCN(CC(=O)OC(C)(C)C)CCN(CC(=O)OC(C)(C)C)CCN(CC(=O)N(C)c2cc(C(=O)[O-])cc(N(C)C(=O)CN3CCN(CC)CCN(CC(=O)OC(C)(C)C)CCN(CC(=O)OC(C)(C)C)CC3)c2)CC1.[Na+]. The normalized spacial score (nSPS) is 18.0. The zero-order valence-corrected chi connectivity index (χ0v) is 54.1. The Bertz CT molecular complexity index is 2020. The van der Waals surface area contributed by atoms with Gasteiger partial charge in [0.25, 0.3) is 0 Å². The van der Waals surface area contributed by atoms with Gasteiger partial charge in [0.1, 0.15) is 22.4 Å². The number of likely N-dealkylation sites (N-methyl/N-ethyl adjacent to an activating group) is 4. The first kappa shape index (κ1) is 72.3. The Labute approximate surface area is 500 Å². The molecule has 0 aliphatic carbocycles. The molecule has 2 saturated heterocycles. The number of rotatable bonds is 17. The van der Waals surface area contributed by atoms with Crippen LogP contribution in [0.4, 0.5) is 11.4 Å². The van der Waals surface area contributed by atoms with Gasteiger partial charge in [-0.15, -0.1) is 0 Å². The number of aromatic carboxylic acids is 1. The predicted octanol–water partition coefficient (Wildman–Crippen LogP) is -1.17. The van der Waals surface area contributed by atoms with Crippen molar-refractivity contribution in [3.05, 3.63) is 23.8 Å². The Balaban J connectivity index is 0.0000219. The monoisotopic (exact) mass is 1140 g/mol. The fourth-order valence-corrected chi connectivity index (χ4v) is 8.95. The number of carboxylic acids is 1. The van der Waals surface area contributed by atoms with Gasteiger partial charge in [-0.2, -0.15) is 0 Å². The molecule has 2 fully saturated rings. The van der Waals surface area contributed by atoms with Crippen LogP contribution < -0.4 is 44.5 Å². The first-order valence-corrected chi connectivity index (χ1v) is 28.2. The summed E-state index contributed by atoms with van der Waals surface area (Å²) >= 11 is 0. The molecule has 22 nitrogen and oxygen atoms in total. The fourth-order valence-electron chi connectivity index (χ4n) is 8.95. The van der Waals surface area contributed by atoms with Crippen molar-refractivity contribution in [3.8, 4) is 0 Å². The topological polar surface area (TPSA) is 212 Å². The second kappa shape index (κ2) is 33.5. The van der Waals surface area contributed by atoms with Gasteiger partial charge in [0.15, 0.2) is 0 Å². The van der Waals surface area contributed by atoms with Crippen LogP contribution in [0.25, 0.3) is 0 Å². The van der Waals surface area contributed by atoms with Crippen LogP contribution in [-0.4, -0.2) is 274 Å². The summed E-state index contributed by atoms with van der Waals surface area (Å²) in [6.07, 6.45) is 0. The van der Waals surface area contributed by atoms with Crippen molar-refractivity contribution in [1.82, 2.24) is 39.2 Å². The Morgan fingerprint density at radius 1 is 0.388 bits per heavy atom. The molecule has 80 heavy (non-hydrogen) atoms. The number of carbonyl (C=O) groups excluding carboxylic acids is 7. The van der Waals surface area contributed by atoms with Crippen molar-refractivity contribution in [1.29, 1.82) is 0 Å². The maximum absolute atomic E-state index is 14.4. The van der Waals surface area contributed by atoms with Crippen molar-refractivity contribution in [2.45, 2.75) is 119 Å². The van der Waals surface area contributed by atoms with Gasteiger partial charge in [-0.3, -0.25) is 58.2 Å². The summed E-state index contributed by atoms with van der Waals surface area (Å²) < 4.78 is 22.7. The summed E-state index contributed by atoms with van der Waals surface area (Å²) in [7, 11) is 3.14. The van der Waals surface area contributed by atoms with Gasteiger partial charge in [0, 0.05) is 136 Å². The average Bonchev–Trinajstić information content (AvgIpc) is 3.30. The molecule has 0 bridgehead atoms. The number of amides is 2. The van der Waals surface area contributed by atoms with Crippen LogP contribution in [0.15, 0.2) is 18.2 Å². The Morgan fingerprint density at radius 2 is 0.588 bits per heavy atom. The largest absolute Gasteiger partial charge is 1.00 e. The van der Waals surface area contributed by atoms with Gasteiger partial charge >= 0.3 is 53.4 Å². The molecule has 23 heteroatoms. The standard InChI is InChI=1S/C57H100N10O12.Na/c1-17-60-19-23-62(27-29-66(42-51(72)78-56(9,10)11)33-31-64(25-21-60)40-49(70)76-54(3,4)5)38-47(68)58(15)45-35-44(53(74)75)36-46(37-45)59(16)48(69)39-63-24-20-61(18-2)22-26-65(41-50(71)77-55(6,7)8)32-34-67(30-28-63)43-52(73)79-57(12,13)14;/h35-37H,17-34,38-43H2,1-16H3,(H,74,75);/q;+1/p-1. The molecule has 3 rings (SSSR count). The van der Waals surface area contributed by atoms with Crippen molar-refractivity contribution >= 4 is 53.0 Å². The molecule has 0 radical (unpaired) electrons. The molecule has 0 atom stereocenters. The van der Waals surface area contributed by atoms with Gasteiger partial charge in [-0.1, -0.05) is 13.8 Å². The van der Waals surface area contributed by atoms with Crippen molar-refractivity contribution in [2.75, 3.05) is 181 Å². The van der Waals surface area contributed by atoms with E-state index in [0.717, 1.165) is 13.1 Å². The fraction of sp³-hybridized carbons (Fsp3) is 0.772. The van der Waals surface area contributed by atoms with Crippen LogP contribution in [-0.2, 0) is 47.7 Å². The summed E-state index contributed by atoms with van der Waals surface area (Å²) in [4.78, 5) is 113. The zero-order valence-electron chi connectivity index (χ0n) is 52.1. The van der Waals surface area contributed by atoms with E-state index < -0.39 is 28.4 Å². The molecule has 0 aromatic heterocycles. The van der Waals surface area contributed by atoms with Gasteiger partial charge in [-0.05, 0) is 114 Å². The van der Waals surface area contributed by atoms with E-state index in [1.54, 1.807) is 20.2 Å². The minimum atomic E-state index is -1.47. The molecule has 0 saturated carbocycles. The number of carboxylic acid groups (broad SMARTS) is 1. The van der Waals surface area contributed by atoms with Crippen LogP contribution in [0, 0.1) is 0 Å². The second-order valence-electron chi connectivity index (χ2n) is 24.8. The van der Waals surface area contributed by atoms with Gasteiger partial charge < -0.3 is 48.4 Å². The molecule has 1 aromatic rings. The van der Waals surface area contributed by atoms with Crippen LogP contribution in [0.3, 0.4) is 0 Å². The molecule has 2 aliphatic rings. The van der Waals surface area contributed by atoms with Crippen LogP contribution >= 0.6 is 0 Å². The Morgan fingerprint density at radius 3 is 0.775 bits per heavy atom.